The fourth-order valence-corrected chi connectivity index (χ4v) is 2.70. The number of hydrogen-bond acceptors (Lipinski definition) is 5. The van der Waals surface area contributed by atoms with Crippen molar-refractivity contribution >= 4 is 5.97 Å². The summed E-state index contributed by atoms with van der Waals surface area (Å²) >= 11 is 0. The summed E-state index contributed by atoms with van der Waals surface area (Å²) < 4.78 is 5.09. The summed E-state index contributed by atoms with van der Waals surface area (Å²) in [6.45, 7) is 2.46. The van der Waals surface area contributed by atoms with E-state index in [9.17, 15) is 4.79 Å². The zero-order valence-corrected chi connectivity index (χ0v) is 11.3. The smallest absolute Gasteiger partial charge is 0.303 e. The number of nitrogens with zero attached hydrogens (tertiary/aromatic N) is 2. The van der Waals surface area contributed by atoms with Crippen molar-refractivity contribution in [1.82, 2.24) is 15.5 Å². The molecule has 1 saturated carbocycles. The summed E-state index contributed by atoms with van der Waals surface area (Å²) in [5.41, 5.74) is -0.228. The van der Waals surface area contributed by atoms with Gasteiger partial charge in [-0.2, -0.15) is 4.98 Å². The molecule has 6 heteroatoms. The summed E-state index contributed by atoms with van der Waals surface area (Å²) in [6, 6.07) is 0. The lowest BCUT2D eigenvalue weighted by molar-refractivity contribution is -0.137. The van der Waals surface area contributed by atoms with Crippen LogP contribution in [-0.4, -0.2) is 27.8 Å². The number of carboxylic acids is 1. The largest absolute Gasteiger partial charge is 0.481 e. The molecular weight excluding hydrogens is 246 g/mol. The number of carboxylic acid groups (broad SMARTS) is 1. The van der Waals surface area contributed by atoms with Crippen LogP contribution in [0.15, 0.2) is 4.52 Å². The molecule has 0 unspecified atom stereocenters. The van der Waals surface area contributed by atoms with Gasteiger partial charge in [0.2, 0.25) is 5.89 Å². The zero-order valence-electron chi connectivity index (χ0n) is 11.3. The van der Waals surface area contributed by atoms with E-state index in [0.717, 1.165) is 31.5 Å². The van der Waals surface area contributed by atoms with Crippen molar-refractivity contribution in [2.24, 2.45) is 0 Å². The van der Waals surface area contributed by atoms with Gasteiger partial charge >= 0.3 is 5.97 Å². The molecule has 19 heavy (non-hydrogen) atoms. The number of nitrogens with one attached hydrogen (secondary N) is 1. The first-order valence-electron chi connectivity index (χ1n) is 6.90. The van der Waals surface area contributed by atoms with E-state index in [1.54, 1.807) is 6.92 Å². The lowest BCUT2D eigenvalue weighted by Gasteiger charge is -2.35. The standard InChI is InChI=1S/C13H21N3O3/c1-10-15-12(16-19-10)13(7-3-2-4-8-13)14-9-5-6-11(17)18/h14H,2-9H2,1H3,(H,17,18). The van der Waals surface area contributed by atoms with Gasteiger partial charge in [-0.05, 0) is 25.8 Å². The Hall–Kier alpha value is -1.43. The van der Waals surface area contributed by atoms with E-state index in [2.05, 4.69) is 15.5 Å². The maximum absolute atomic E-state index is 10.5. The predicted octanol–water partition coefficient (Wildman–Crippen LogP) is 1.99. The highest BCUT2D eigenvalue weighted by Crippen LogP contribution is 2.35. The van der Waals surface area contributed by atoms with E-state index in [1.807, 2.05) is 0 Å². The molecule has 2 N–H and O–H groups in total. The zero-order chi connectivity index (χ0) is 13.7. The number of carbonyl (C=O) groups is 1. The van der Waals surface area contributed by atoms with Gasteiger partial charge in [-0.3, -0.25) is 4.79 Å². The number of rotatable bonds is 6. The van der Waals surface area contributed by atoms with Gasteiger partial charge in [0.15, 0.2) is 5.82 Å². The van der Waals surface area contributed by atoms with Crippen molar-refractivity contribution in [1.29, 1.82) is 0 Å². The molecule has 1 heterocycles. The Bertz CT molecular complexity index is 425. The second-order valence-electron chi connectivity index (χ2n) is 5.20. The van der Waals surface area contributed by atoms with Crippen LogP contribution in [0.2, 0.25) is 0 Å². The summed E-state index contributed by atoms with van der Waals surface area (Å²) in [5.74, 6) is 0.544. The maximum atomic E-state index is 10.5. The molecule has 6 nitrogen and oxygen atoms in total. The van der Waals surface area contributed by atoms with Gasteiger partial charge < -0.3 is 14.9 Å². The molecular formula is C13H21N3O3. The van der Waals surface area contributed by atoms with Crippen LogP contribution in [0.5, 0.6) is 0 Å². The van der Waals surface area contributed by atoms with Crippen LogP contribution in [0, 0.1) is 6.92 Å². The maximum Gasteiger partial charge on any atom is 0.303 e. The second-order valence-corrected chi connectivity index (χ2v) is 5.20. The highest BCUT2D eigenvalue weighted by Gasteiger charge is 2.37. The van der Waals surface area contributed by atoms with Gasteiger partial charge in [-0.15, -0.1) is 0 Å². The first kappa shape index (κ1) is 14.0. The van der Waals surface area contributed by atoms with Gasteiger partial charge in [0.25, 0.3) is 0 Å². The minimum atomic E-state index is -0.755. The summed E-state index contributed by atoms with van der Waals surface area (Å²) in [4.78, 5) is 14.9. The Kier molecular flexibility index (Phi) is 4.52. The molecule has 1 aromatic rings. The monoisotopic (exact) mass is 267 g/mol. The van der Waals surface area contributed by atoms with Crippen molar-refractivity contribution in [3.63, 3.8) is 0 Å². The van der Waals surface area contributed by atoms with E-state index in [-0.39, 0.29) is 12.0 Å². The Morgan fingerprint density at radius 2 is 2.16 bits per heavy atom. The van der Waals surface area contributed by atoms with Crippen LogP contribution < -0.4 is 5.32 Å². The van der Waals surface area contributed by atoms with Crippen LogP contribution in [-0.2, 0) is 10.3 Å². The molecule has 0 radical (unpaired) electrons. The second kappa shape index (κ2) is 6.14. The Morgan fingerprint density at radius 3 is 2.74 bits per heavy atom. The SMILES string of the molecule is Cc1nc(C2(NCCCC(=O)O)CCCCC2)no1. The molecule has 0 saturated heterocycles. The van der Waals surface area contributed by atoms with Gasteiger partial charge in [0.05, 0.1) is 5.54 Å². The molecule has 0 bridgehead atoms. The molecule has 0 spiro atoms. The molecule has 1 aliphatic rings. The number of aromatic nitrogens is 2. The molecule has 1 aliphatic carbocycles. The average molecular weight is 267 g/mol. The molecule has 0 amide bonds. The number of hydrogen-bond donors (Lipinski definition) is 2. The topological polar surface area (TPSA) is 88.2 Å². The highest BCUT2D eigenvalue weighted by molar-refractivity contribution is 5.66. The molecule has 1 aromatic heterocycles. The summed E-state index contributed by atoms with van der Waals surface area (Å²) in [6.07, 6.45) is 6.29. The third-order valence-corrected chi connectivity index (χ3v) is 3.69. The quantitative estimate of drug-likeness (QED) is 0.766. The minimum Gasteiger partial charge on any atom is -0.481 e. The van der Waals surface area contributed by atoms with E-state index in [1.165, 1.54) is 6.42 Å². The van der Waals surface area contributed by atoms with Gasteiger partial charge in [0.1, 0.15) is 0 Å². The van der Waals surface area contributed by atoms with Crippen molar-refractivity contribution < 1.29 is 14.4 Å². The normalized spacial score (nSPS) is 18.4. The molecule has 2 rings (SSSR count). The van der Waals surface area contributed by atoms with Crippen molar-refractivity contribution in [2.45, 2.75) is 57.4 Å². The molecule has 0 aromatic carbocycles. The van der Waals surface area contributed by atoms with E-state index in [0.29, 0.717) is 18.9 Å². The van der Waals surface area contributed by atoms with Gasteiger partial charge in [0, 0.05) is 13.3 Å². The first-order valence-corrected chi connectivity index (χ1v) is 6.90. The fraction of sp³-hybridized carbons (Fsp3) is 0.769. The highest BCUT2D eigenvalue weighted by atomic mass is 16.5. The third-order valence-electron chi connectivity index (χ3n) is 3.69. The lowest BCUT2D eigenvalue weighted by Crippen LogP contribution is -2.45. The molecule has 106 valence electrons. The molecule has 1 fully saturated rings. The lowest BCUT2D eigenvalue weighted by atomic mass is 9.81. The van der Waals surface area contributed by atoms with Crippen LogP contribution in [0.3, 0.4) is 0 Å². The van der Waals surface area contributed by atoms with Gasteiger partial charge in [-0.25, -0.2) is 0 Å². The first-order chi connectivity index (χ1) is 9.12. The Morgan fingerprint density at radius 1 is 1.42 bits per heavy atom. The van der Waals surface area contributed by atoms with Crippen molar-refractivity contribution in [3.05, 3.63) is 11.7 Å². The van der Waals surface area contributed by atoms with Crippen LogP contribution >= 0.6 is 0 Å². The molecule has 0 atom stereocenters. The Labute approximate surface area is 112 Å². The predicted molar refractivity (Wildman–Crippen MR) is 68.7 cm³/mol. The number of aliphatic carboxylic acids is 1. The van der Waals surface area contributed by atoms with Crippen molar-refractivity contribution in [3.8, 4) is 0 Å². The average Bonchev–Trinajstić information content (AvgIpc) is 2.83. The van der Waals surface area contributed by atoms with Crippen LogP contribution in [0.4, 0.5) is 0 Å². The summed E-state index contributed by atoms with van der Waals surface area (Å²) in [5, 5.41) is 16.2. The Balaban J connectivity index is 2.00. The summed E-state index contributed by atoms with van der Waals surface area (Å²) in [7, 11) is 0. The van der Waals surface area contributed by atoms with E-state index < -0.39 is 5.97 Å². The van der Waals surface area contributed by atoms with E-state index in [4.69, 9.17) is 9.63 Å². The van der Waals surface area contributed by atoms with Crippen LogP contribution in [0.25, 0.3) is 0 Å². The third kappa shape index (κ3) is 3.53. The van der Waals surface area contributed by atoms with E-state index >= 15 is 0 Å². The number of aryl methyl sites for hydroxylation is 1. The van der Waals surface area contributed by atoms with Crippen LogP contribution in [0.1, 0.15) is 56.7 Å². The minimum absolute atomic E-state index is 0.189. The van der Waals surface area contributed by atoms with Gasteiger partial charge in [-0.1, -0.05) is 24.4 Å². The van der Waals surface area contributed by atoms with Crippen molar-refractivity contribution in [2.75, 3.05) is 6.54 Å². The molecule has 0 aliphatic heterocycles. The fourth-order valence-electron chi connectivity index (χ4n) is 2.70.